The number of nitrogens with one attached hydrogen (secondary N) is 2. The highest BCUT2D eigenvalue weighted by Crippen LogP contribution is 2.28. The number of nitrogens with zero attached hydrogens (tertiary/aromatic N) is 3. The van der Waals surface area contributed by atoms with E-state index in [1.165, 1.54) is 0 Å². The number of rotatable bonds is 6. The Morgan fingerprint density at radius 1 is 1.48 bits per heavy atom. The number of hydrogen-bond donors (Lipinski definition) is 2. The van der Waals surface area contributed by atoms with Crippen molar-refractivity contribution in [3.05, 3.63) is 15.8 Å². The molecule has 8 nitrogen and oxygen atoms in total. The van der Waals surface area contributed by atoms with Crippen molar-refractivity contribution in [2.45, 2.75) is 32.8 Å². The molecule has 0 aliphatic carbocycles. The molecule has 0 saturated carbocycles. The fourth-order valence-electron chi connectivity index (χ4n) is 2.63. The van der Waals surface area contributed by atoms with Crippen LogP contribution in [0.1, 0.15) is 25.5 Å². The van der Waals surface area contributed by atoms with Crippen molar-refractivity contribution >= 4 is 17.5 Å². The molecule has 2 rings (SSSR count). The molecular weight excluding hydrogens is 274 g/mol. The van der Waals surface area contributed by atoms with Gasteiger partial charge in [-0.3, -0.25) is 10.1 Å². The molecule has 1 aromatic heterocycles. The first-order valence-corrected chi connectivity index (χ1v) is 7.13. The van der Waals surface area contributed by atoms with Gasteiger partial charge in [0.2, 0.25) is 11.8 Å². The van der Waals surface area contributed by atoms with E-state index in [9.17, 15) is 10.1 Å². The average molecular weight is 295 g/mol. The third kappa shape index (κ3) is 3.38. The number of aryl methyl sites for hydroxylation is 1. The van der Waals surface area contributed by atoms with Crippen LogP contribution in [0.3, 0.4) is 0 Å². The van der Waals surface area contributed by atoms with E-state index in [4.69, 9.17) is 4.74 Å². The zero-order chi connectivity index (χ0) is 15.4. The van der Waals surface area contributed by atoms with Gasteiger partial charge < -0.3 is 15.4 Å². The maximum atomic E-state index is 11.2. The van der Waals surface area contributed by atoms with Gasteiger partial charge in [0.05, 0.1) is 11.0 Å². The summed E-state index contributed by atoms with van der Waals surface area (Å²) in [5.74, 6) is 0.983. The molecule has 1 saturated heterocycles. The highest BCUT2D eigenvalue weighted by Gasteiger charge is 2.28. The molecule has 0 aromatic carbocycles. The molecule has 0 radical (unpaired) electrons. The summed E-state index contributed by atoms with van der Waals surface area (Å²) < 4.78 is 5.63. The van der Waals surface area contributed by atoms with Crippen molar-refractivity contribution in [2.75, 3.05) is 30.8 Å². The number of aromatic nitrogens is 2. The monoisotopic (exact) mass is 295 g/mol. The fraction of sp³-hybridized carbons (Fsp3) is 0.692. The predicted octanol–water partition coefficient (Wildman–Crippen LogP) is 1.96. The molecule has 1 fully saturated rings. The van der Waals surface area contributed by atoms with Crippen LogP contribution in [0.4, 0.5) is 17.5 Å². The quantitative estimate of drug-likeness (QED) is 0.611. The number of nitro groups is 1. The van der Waals surface area contributed by atoms with Gasteiger partial charge in [-0.25, -0.2) is 4.98 Å². The van der Waals surface area contributed by atoms with Crippen molar-refractivity contribution in [1.82, 2.24) is 9.97 Å². The van der Waals surface area contributed by atoms with Gasteiger partial charge >= 0.3 is 5.69 Å². The number of anilines is 2. The summed E-state index contributed by atoms with van der Waals surface area (Å²) in [6, 6.07) is 0. The highest BCUT2D eigenvalue weighted by atomic mass is 16.6. The molecule has 1 aliphatic heterocycles. The first kappa shape index (κ1) is 15.4. The number of ether oxygens (including phenoxy) is 1. The fourth-order valence-corrected chi connectivity index (χ4v) is 2.63. The zero-order valence-corrected chi connectivity index (χ0v) is 12.5. The van der Waals surface area contributed by atoms with E-state index in [1.807, 2.05) is 0 Å². The van der Waals surface area contributed by atoms with Gasteiger partial charge in [-0.2, -0.15) is 4.98 Å². The van der Waals surface area contributed by atoms with Crippen LogP contribution in [0.5, 0.6) is 0 Å². The summed E-state index contributed by atoms with van der Waals surface area (Å²) in [5, 5.41) is 17.1. The molecule has 1 aliphatic rings. The maximum absolute atomic E-state index is 11.2. The topological polar surface area (TPSA) is 102 Å². The van der Waals surface area contributed by atoms with Crippen LogP contribution >= 0.6 is 0 Å². The Hall–Kier alpha value is -1.96. The molecule has 1 aromatic rings. The molecule has 2 atom stereocenters. The molecule has 0 amide bonds. The summed E-state index contributed by atoms with van der Waals surface area (Å²) in [4.78, 5) is 19.0. The summed E-state index contributed by atoms with van der Waals surface area (Å²) in [6.45, 7) is 5.05. The SMILES string of the molecule is CCC1OCCC1CNc1nc(NC)nc(C)c1[N+](=O)[O-]. The van der Waals surface area contributed by atoms with Gasteiger partial charge in [-0.15, -0.1) is 0 Å². The second kappa shape index (κ2) is 6.66. The van der Waals surface area contributed by atoms with Gasteiger partial charge in [0.15, 0.2) is 0 Å². The standard InChI is InChI=1S/C13H21N5O3/c1-4-10-9(5-6-21-10)7-15-12-11(18(19)20)8(2)16-13(14-3)17-12/h9-10H,4-7H2,1-3H3,(H2,14,15,16,17). The van der Waals surface area contributed by atoms with Crippen molar-refractivity contribution in [3.63, 3.8) is 0 Å². The molecule has 116 valence electrons. The molecule has 0 bridgehead atoms. The molecule has 8 heteroatoms. The van der Waals surface area contributed by atoms with Gasteiger partial charge in [-0.05, 0) is 19.8 Å². The lowest BCUT2D eigenvalue weighted by molar-refractivity contribution is -0.385. The summed E-state index contributed by atoms with van der Waals surface area (Å²) in [5.41, 5.74) is 0.275. The third-order valence-electron chi connectivity index (χ3n) is 3.74. The average Bonchev–Trinajstić information content (AvgIpc) is 2.91. The molecule has 2 heterocycles. The Balaban J connectivity index is 2.18. The van der Waals surface area contributed by atoms with Crippen molar-refractivity contribution in [2.24, 2.45) is 5.92 Å². The summed E-state index contributed by atoms with van der Waals surface area (Å²) in [7, 11) is 1.68. The minimum atomic E-state index is -0.445. The lowest BCUT2D eigenvalue weighted by Gasteiger charge is -2.18. The lowest BCUT2D eigenvalue weighted by atomic mass is 10.00. The van der Waals surface area contributed by atoms with Gasteiger partial charge in [0, 0.05) is 26.1 Å². The predicted molar refractivity (Wildman–Crippen MR) is 79.6 cm³/mol. The van der Waals surface area contributed by atoms with Crippen molar-refractivity contribution < 1.29 is 9.66 Å². The van der Waals surface area contributed by atoms with E-state index in [0.29, 0.717) is 24.1 Å². The van der Waals surface area contributed by atoms with Crippen LogP contribution in [0.2, 0.25) is 0 Å². The van der Waals surface area contributed by atoms with Crippen molar-refractivity contribution in [1.29, 1.82) is 0 Å². The van der Waals surface area contributed by atoms with E-state index in [-0.39, 0.29) is 17.6 Å². The third-order valence-corrected chi connectivity index (χ3v) is 3.74. The van der Waals surface area contributed by atoms with E-state index in [2.05, 4.69) is 27.5 Å². The van der Waals surface area contributed by atoms with Gasteiger partial charge in [-0.1, -0.05) is 6.92 Å². The molecule has 21 heavy (non-hydrogen) atoms. The van der Waals surface area contributed by atoms with Crippen LogP contribution < -0.4 is 10.6 Å². The number of hydrogen-bond acceptors (Lipinski definition) is 7. The van der Waals surface area contributed by atoms with E-state index >= 15 is 0 Å². The minimum absolute atomic E-state index is 0.0686. The van der Waals surface area contributed by atoms with E-state index in [1.54, 1.807) is 14.0 Å². The smallest absolute Gasteiger partial charge is 0.332 e. The van der Waals surface area contributed by atoms with E-state index in [0.717, 1.165) is 19.4 Å². The van der Waals surface area contributed by atoms with Crippen LogP contribution in [0.25, 0.3) is 0 Å². The Morgan fingerprint density at radius 2 is 2.24 bits per heavy atom. The first-order chi connectivity index (χ1) is 10.1. The normalized spacial score (nSPS) is 21.3. The van der Waals surface area contributed by atoms with Crippen LogP contribution in [0, 0.1) is 23.0 Å². The van der Waals surface area contributed by atoms with E-state index < -0.39 is 4.92 Å². The maximum Gasteiger partial charge on any atom is 0.332 e. The van der Waals surface area contributed by atoms with Crippen LogP contribution in [-0.2, 0) is 4.74 Å². The molecule has 2 unspecified atom stereocenters. The largest absolute Gasteiger partial charge is 0.378 e. The minimum Gasteiger partial charge on any atom is -0.378 e. The zero-order valence-electron chi connectivity index (χ0n) is 12.5. The lowest BCUT2D eigenvalue weighted by Crippen LogP contribution is -2.23. The summed E-state index contributed by atoms with van der Waals surface area (Å²) >= 11 is 0. The second-order valence-corrected chi connectivity index (χ2v) is 5.08. The van der Waals surface area contributed by atoms with Gasteiger partial charge in [0.25, 0.3) is 0 Å². The van der Waals surface area contributed by atoms with Crippen LogP contribution in [0.15, 0.2) is 0 Å². The molecular formula is C13H21N5O3. The van der Waals surface area contributed by atoms with Crippen molar-refractivity contribution in [3.8, 4) is 0 Å². The molecule has 0 spiro atoms. The van der Waals surface area contributed by atoms with Crippen LogP contribution in [-0.4, -0.2) is 41.2 Å². The Bertz CT molecular complexity index is 523. The Labute approximate surface area is 123 Å². The Morgan fingerprint density at radius 3 is 2.86 bits per heavy atom. The second-order valence-electron chi connectivity index (χ2n) is 5.08. The Kier molecular flexibility index (Phi) is 4.89. The van der Waals surface area contributed by atoms with Gasteiger partial charge in [0.1, 0.15) is 5.69 Å². The first-order valence-electron chi connectivity index (χ1n) is 7.13. The highest BCUT2D eigenvalue weighted by molar-refractivity contribution is 5.60. The molecule has 2 N–H and O–H groups in total. The summed E-state index contributed by atoms with van der Waals surface area (Å²) in [6.07, 6.45) is 2.12.